The lowest BCUT2D eigenvalue weighted by atomic mass is 10.1. The molecule has 4 heteroatoms. The van der Waals surface area contributed by atoms with E-state index in [0.29, 0.717) is 12.2 Å². The zero-order valence-electron chi connectivity index (χ0n) is 11.9. The van der Waals surface area contributed by atoms with Gasteiger partial charge in [-0.2, -0.15) is 0 Å². The number of nitrogens with one attached hydrogen (secondary N) is 1. The molecular formula is C16H20FN3. The highest BCUT2D eigenvalue weighted by molar-refractivity contribution is 5.48. The predicted molar refractivity (Wildman–Crippen MR) is 80.4 cm³/mol. The number of anilines is 1. The molecule has 0 aliphatic rings. The van der Waals surface area contributed by atoms with Crippen LogP contribution in [0.15, 0.2) is 42.6 Å². The van der Waals surface area contributed by atoms with Gasteiger partial charge in [0.25, 0.3) is 0 Å². The summed E-state index contributed by atoms with van der Waals surface area (Å²) in [5.41, 5.74) is 2.60. The molecule has 0 unspecified atom stereocenters. The van der Waals surface area contributed by atoms with E-state index in [0.717, 1.165) is 24.2 Å². The zero-order valence-corrected chi connectivity index (χ0v) is 11.9. The minimum Gasteiger partial charge on any atom is -0.372 e. The molecule has 3 nitrogen and oxygen atoms in total. The van der Waals surface area contributed by atoms with E-state index in [4.69, 9.17) is 0 Å². The van der Waals surface area contributed by atoms with Crippen LogP contribution in [0.2, 0.25) is 0 Å². The first-order valence-electron chi connectivity index (χ1n) is 6.75. The fourth-order valence-electron chi connectivity index (χ4n) is 2.12. The number of benzene rings is 1. The average molecular weight is 273 g/mol. The fraction of sp³-hybridized carbons (Fsp3) is 0.312. The van der Waals surface area contributed by atoms with Crippen molar-refractivity contribution in [2.75, 3.05) is 25.5 Å². The molecule has 2 rings (SSSR count). The summed E-state index contributed by atoms with van der Waals surface area (Å²) in [5.74, 6) is -0.179. The molecule has 1 heterocycles. The number of hydrogen-bond acceptors (Lipinski definition) is 3. The van der Waals surface area contributed by atoms with Crippen LogP contribution in [0.25, 0.3) is 0 Å². The van der Waals surface area contributed by atoms with Crippen molar-refractivity contribution >= 4 is 5.69 Å². The summed E-state index contributed by atoms with van der Waals surface area (Å²) >= 11 is 0. The van der Waals surface area contributed by atoms with Crippen LogP contribution in [0.5, 0.6) is 0 Å². The van der Waals surface area contributed by atoms with Gasteiger partial charge in [-0.15, -0.1) is 0 Å². The van der Waals surface area contributed by atoms with Crippen molar-refractivity contribution < 1.29 is 4.39 Å². The van der Waals surface area contributed by atoms with Gasteiger partial charge >= 0.3 is 0 Å². The molecule has 106 valence electrons. The van der Waals surface area contributed by atoms with Crippen molar-refractivity contribution in [2.24, 2.45) is 0 Å². The Hall–Kier alpha value is -1.94. The Labute approximate surface area is 119 Å². The van der Waals surface area contributed by atoms with Crippen LogP contribution in [0.4, 0.5) is 10.1 Å². The third kappa shape index (κ3) is 3.78. The second-order valence-corrected chi connectivity index (χ2v) is 4.81. The first-order chi connectivity index (χ1) is 9.70. The van der Waals surface area contributed by atoms with Gasteiger partial charge in [-0.05, 0) is 36.9 Å². The Morgan fingerprint density at radius 2 is 2.10 bits per heavy atom. The fourth-order valence-corrected chi connectivity index (χ4v) is 2.12. The Morgan fingerprint density at radius 3 is 2.75 bits per heavy atom. The van der Waals surface area contributed by atoms with Gasteiger partial charge in [-0.25, -0.2) is 4.39 Å². The molecule has 0 bridgehead atoms. The van der Waals surface area contributed by atoms with Crippen molar-refractivity contribution in [1.82, 2.24) is 10.3 Å². The van der Waals surface area contributed by atoms with Crippen LogP contribution in [-0.2, 0) is 13.0 Å². The van der Waals surface area contributed by atoms with Gasteiger partial charge < -0.3 is 10.2 Å². The SMILES string of the molecule is CNCc1ccc(N(C)CCc2ccccn2)c(F)c1. The number of pyridine rings is 1. The van der Waals surface area contributed by atoms with Crippen molar-refractivity contribution in [3.8, 4) is 0 Å². The highest BCUT2D eigenvalue weighted by Crippen LogP contribution is 2.19. The van der Waals surface area contributed by atoms with Crippen molar-refractivity contribution in [2.45, 2.75) is 13.0 Å². The molecule has 0 amide bonds. The number of likely N-dealkylation sites (N-methyl/N-ethyl adjacent to an activating group) is 1. The monoisotopic (exact) mass is 273 g/mol. The molecule has 0 fully saturated rings. The minimum atomic E-state index is -0.179. The van der Waals surface area contributed by atoms with E-state index in [1.54, 1.807) is 12.3 Å². The smallest absolute Gasteiger partial charge is 0.146 e. The van der Waals surface area contributed by atoms with Gasteiger partial charge in [-0.1, -0.05) is 12.1 Å². The lowest BCUT2D eigenvalue weighted by molar-refractivity contribution is 0.618. The predicted octanol–water partition coefficient (Wildman–Crippen LogP) is 2.62. The molecule has 1 N–H and O–H groups in total. The zero-order chi connectivity index (χ0) is 14.4. The molecule has 1 aromatic heterocycles. The maximum Gasteiger partial charge on any atom is 0.146 e. The molecular weight excluding hydrogens is 253 g/mol. The largest absolute Gasteiger partial charge is 0.372 e. The van der Waals surface area contributed by atoms with E-state index < -0.39 is 0 Å². The van der Waals surface area contributed by atoms with E-state index in [9.17, 15) is 4.39 Å². The third-order valence-electron chi connectivity index (χ3n) is 3.23. The Bertz CT molecular complexity index is 543. The minimum absolute atomic E-state index is 0.179. The summed E-state index contributed by atoms with van der Waals surface area (Å²) in [7, 11) is 3.75. The lowest BCUT2D eigenvalue weighted by Crippen LogP contribution is -2.22. The molecule has 20 heavy (non-hydrogen) atoms. The number of hydrogen-bond donors (Lipinski definition) is 1. The Morgan fingerprint density at radius 1 is 1.25 bits per heavy atom. The van der Waals surface area contributed by atoms with Gasteiger partial charge in [0.1, 0.15) is 5.82 Å². The summed E-state index contributed by atoms with van der Waals surface area (Å²) < 4.78 is 14.1. The van der Waals surface area contributed by atoms with Crippen molar-refractivity contribution in [1.29, 1.82) is 0 Å². The number of nitrogens with zero attached hydrogens (tertiary/aromatic N) is 2. The second kappa shape index (κ2) is 7.01. The highest BCUT2D eigenvalue weighted by atomic mass is 19.1. The lowest BCUT2D eigenvalue weighted by Gasteiger charge is -2.20. The Kier molecular flexibility index (Phi) is 5.07. The molecule has 0 spiro atoms. The topological polar surface area (TPSA) is 28.2 Å². The molecule has 0 saturated heterocycles. The summed E-state index contributed by atoms with van der Waals surface area (Å²) in [6.07, 6.45) is 2.58. The molecule has 0 atom stereocenters. The van der Waals surface area contributed by atoms with Crippen LogP contribution in [0.1, 0.15) is 11.3 Å². The quantitative estimate of drug-likeness (QED) is 0.877. The van der Waals surface area contributed by atoms with Crippen LogP contribution in [0, 0.1) is 5.82 Å². The van der Waals surface area contributed by atoms with E-state index in [1.807, 2.05) is 49.3 Å². The Balaban J connectivity index is 2.00. The van der Waals surface area contributed by atoms with Gasteiger partial charge in [0.05, 0.1) is 5.69 Å². The van der Waals surface area contributed by atoms with E-state index in [2.05, 4.69) is 10.3 Å². The maximum absolute atomic E-state index is 14.1. The van der Waals surface area contributed by atoms with Gasteiger partial charge in [-0.3, -0.25) is 4.98 Å². The van der Waals surface area contributed by atoms with Crippen LogP contribution in [0.3, 0.4) is 0 Å². The number of rotatable bonds is 6. The van der Waals surface area contributed by atoms with Crippen LogP contribution in [-0.4, -0.2) is 25.6 Å². The van der Waals surface area contributed by atoms with E-state index >= 15 is 0 Å². The third-order valence-corrected chi connectivity index (χ3v) is 3.23. The number of halogens is 1. The van der Waals surface area contributed by atoms with Crippen molar-refractivity contribution in [3.63, 3.8) is 0 Å². The second-order valence-electron chi connectivity index (χ2n) is 4.81. The molecule has 0 aliphatic heterocycles. The van der Waals surface area contributed by atoms with Crippen molar-refractivity contribution in [3.05, 3.63) is 59.7 Å². The maximum atomic E-state index is 14.1. The van der Waals surface area contributed by atoms with Gasteiger partial charge in [0.15, 0.2) is 0 Å². The normalized spacial score (nSPS) is 10.6. The van der Waals surface area contributed by atoms with E-state index in [-0.39, 0.29) is 5.82 Å². The number of aromatic nitrogens is 1. The van der Waals surface area contributed by atoms with E-state index in [1.165, 1.54) is 0 Å². The molecule has 0 aliphatic carbocycles. The molecule has 2 aromatic rings. The van der Waals surface area contributed by atoms with Gasteiger partial charge in [0, 0.05) is 38.4 Å². The highest BCUT2D eigenvalue weighted by Gasteiger charge is 2.08. The van der Waals surface area contributed by atoms with Gasteiger partial charge in [0.2, 0.25) is 0 Å². The molecule has 0 radical (unpaired) electrons. The summed E-state index contributed by atoms with van der Waals surface area (Å²) in [5, 5.41) is 3.02. The summed E-state index contributed by atoms with van der Waals surface area (Å²) in [4.78, 5) is 6.20. The first-order valence-corrected chi connectivity index (χ1v) is 6.75. The summed E-state index contributed by atoms with van der Waals surface area (Å²) in [6, 6.07) is 11.2. The standard InChI is InChI=1S/C16H20FN3/c1-18-12-13-6-7-16(15(17)11-13)20(2)10-8-14-5-3-4-9-19-14/h3-7,9,11,18H,8,10,12H2,1-2H3. The first kappa shape index (κ1) is 14.5. The summed E-state index contributed by atoms with van der Waals surface area (Å²) in [6.45, 7) is 1.41. The molecule has 0 saturated carbocycles. The van der Waals surface area contributed by atoms with Crippen LogP contribution < -0.4 is 10.2 Å². The van der Waals surface area contributed by atoms with Crippen LogP contribution >= 0.6 is 0 Å². The average Bonchev–Trinajstić information content (AvgIpc) is 2.46. The molecule has 1 aromatic carbocycles.